The number of fused-ring (bicyclic) bond motifs is 1. The lowest BCUT2D eigenvalue weighted by Crippen LogP contribution is -2.36. The van der Waals surface area contributed by atoms with Gasteiger partial charge in [-0.1, -0.05) is 22.4 Å². The van der Waals surface area contributed by atoms with Gasteiger partial charge in [0.05, 0.1) is 12.1 Å². The van der Waals surface area contributed by atoms with E-state index in [9.17, 15) is 0 Å². The molecule has 3 aromatic rings. The van der Waals surface area contributed by atoms with Crippen LogP contribution >= 0.6 is 15.9 Å². The number of anilines is 2. The molecule has 32 heavy (non-hydrogen) atoms. The number of aromatic nitrogens is 4. The summed E-state index contributed by atoms with van der Waals surface area (Å²) < 4.78 is 6.61. The van der Waals surface area contributed by atoms with Crippen LogP contribution in [0.4, 0.5) is 11.8 Å². The van der Waals surface area contributed by atoms with Gasteiger partial charge in [-0.25, -0.2) is 4.98 Å². The Kier molecular flexibility index (Phi) is 5.10. The van der Waals surface area contributed by atoms with E-state index in [1.165, 1.54) is 25.0 Å². The van der Waals surface area contributed by atoms with E-state index >= 15 is 0 Å². The van der Waals surface area contributed by atoms with E-state index in [0.717, 1.165) is 72.0 Å². The van der Waals surface area contributed by atoms with E-state index in [4.69, 9.17) is 14.7 Å². The number of ether oxygens (including phenoxy) is 1. The van der Waals surface area contributed by atoms with E-state index in [2.05, 4.69) is 61.5 Å². The fourth-order valence-electron chi connectivity index (χ4n) is 5.80. The lowest BCUT2D eigenvalue weighted by molar-refractivity contribution is 0.137. The maximum atomic E-state index is 5.54. The van der Waals surface area contributed by atoms with Crippen molar-refractivity contribution in [3.63, 3.8) is 0 Å². The van der Waals surface area contributed by atoms with Crippen LogP contribution in [0.25, 0.3) is 10.9 Å². The fourth-order valence-corrected chi connectivity index (χ4v) is 6.37. The highest BCUT2D eigenvalue weighted by atomic mass is 79.9. The van der Waals surface area contributed by atoms with Gasteiger partial charge in [0.25, 0.3) is 0 Å². The first-order chi connectivity index (χ1) is 15.6. The highest BCUT2D eigenvalue weighted by molar-refractivity contribution is 9.10. The zero-order valence-electron chi connectivity index (χ0n) is 18.4. The van der Waals surface area contributed by atoms with Gasteiger partial charge < -0.3 is 15.0 Å². The smallest absolute Gasteiger partial charge is 0.225 e. The first-order valence-electron chi connectivity index (χ1n) is 11.6. The van der Waals surface area contributed by atoms with Gasteiger partial charge in [-0.2, -0.15) is 10.1 Å². The van der Waals surface area contributed by atoms with Crippen LogP contribution in [-0.4, -0.2) is 53.0 Å². The van der Waals surface area contributed by atoms with E-state index < -0.39 is 0 Å². The molecular formula is C24H29BrN6O. The molecule has 168 valence electrons. The molecular weight excluding hydrogens is 468 g/mol. The van der Waals surface area contributed by atoms with Crippen molar-refractivity contribution in [1.82, 2.24) is 20.2 Å². The minimum atomic E-state index is 0.319. The number of benzene rings is 1. The highest BCUT2D eigenvalue weighted by Gasteiger charge is 2.52. The van der Waals surface area contributed by atoms with Crippen molar-refractivity contribution in [3.8, 4) is 0 Å². The van der Waals surface area contributed by atoms with Crippen LogP contribution in [0.1, 0.15) is 42.9 Å². The Morgan fingerprint density at radius 3 is 2.94 bits per heavy atom. The normalized spacial score (nSPS) is 24.4. The van der Waals surface area contributed by atoms with Crippen LogP contribution in [0.5, 0.6) is 0 Å². The highest BCUT2D eigenvalue weighted by Crippen LogP contribution is 2.56. The standard InChI is InChI=1S/C24H29BrN6O/c1-15-9-17(25)10-18-21(15)28-23(26-11-16-4-8-32-13-16)29-22(18)31-12-19(20-3-7-27-30-20)24(14-31)5-2-6-24/h3,7,9-10,16,19H,2,4-6,8,11-14H2,1H3,(H,27,30)(H,26,28,29)/t16-,19?/m0/s1. The Labute approximate surface area is 196 Å². The summed E-state index contributed by atoms with van der Waals surface area (Å²) in [5.74, 6) is 2.75. The average molecular weight is 497 g/mol. The van der Waals surface area contributed by atoms with E-state index in [1.54, 1.807) is 0 Å². The van der Waals surface area contributed by atoms with Gasteiger partial charge in [-0.3, -0.25) is 5.10 Å². The second-order valence-corrected chi connectivity index (χ2v) is 10.7. The fraction of sp³-hybridized carbons (Fsp3) is 0.542. The monoisotopic (exact) mass is 496 g/mol. The average Bonchev–Trinajstić information content (AvgIpc) is 3.51. The molecule has 0 bridgehead atoms. The molecule has 8 heteroatoms. The Hall–Kier alpha value is -2.19. The summed E-state index contributed by atoms with van der Waals surface area (Å²) >= 11 is 3.69. The quantitative estimate of drug-likeness (QED) is 0.535. The molecule has 1 saturated carbocycles. The third-order valence-corrected chi connectivity index (χ3v) is 8.16. The van der Waals surface area contributed by atoms with Crippen LogP contribution in [0.2, 0.25) is 0 Å². The summed E-state index contributed by atoms with van der Waals surface area (Å²) in [7, 11) is 0. The topological polar surface area (TPSA) is 79.0 Å². The van der Waals surface area contributed by atoms with E-state index in [1.807, 2.05) is 6.20 Å². The minimum absolute atomic E-state index is 0.319. The van der Waals surface area contributed by atoms with Crippen molar-refractivity contribution in [3.05, 3.63) is 40.1 Å². The maximum absolute atomic E-state index is 5.54. The summed E-state index contributed by atoms with van der Waals surface area (Å²) in [6.07, 6.45) is 6.82. The first-order valence-corrected chi connectivity index (χ1v) is 12.4. The third-order valence-electron chi connectivity index (χ3n) is 7.70. The molecule has 6 rings (SSSR count). The minimum Gasteiger partial charge on any atom is -0.381 e. The molecule has 3 fully saturated rings. The molecule has 2 saturated heterocycles. The Morgan fingerprint density at radius 2 is 2.22 bits per heavy atom. The SMILES string of the molecule is Cc1cc(Br)cc2c(N3CC(c4ccn[nH]4)C4(CCC4)C3)nc(NC[C@@H]3CCOC3)nc12. The van der Waals surface area contributed by atoms with Crippen molar-refractivity contribution in [2.75, 3.05) is 43.1 Å². The van der Waals surface area contributed by atoms with Crippen LogP contribution in [0.3, 0.4) is 0 Å². The summed E-state index contributed by atoms with van der Waals surface area (Å²) in [6.45, 7) is 6.64. The molecule has 1 aromatic carbocycles. The molecule has 3 aliphatic rings. The maximum Gasteiger partial charge on any atom is 0.225 e. The van der Waals surface area contributed by atoms with Gasteiger partial charge in [0.1, 0.15) is 5.82 Å². The number of nitrogens with one attached hydrogen (secondary N) is 2. The van der Waals surface area contributed by atoms with Gasteiger partial charge in [-0.05, 0) is 55.4 Å². The van der Waals surface area contributed by atoms with Crippen LogP contribution in [0, 0.1) is 18.3 Å². The van der Waals surface area contributed by atoms with Gasteiger partial charge in [0.15, 0.2) is 0 Å². The number of H-pyrrole nitrogens is 1. The Balaban J connectivity index is 1.39. The number of hydrogen-bond acceptors (Lipinski definition) is 6. The Bertz CT molecular complexity index is 1120. The molecule has 2 atom stereocenters. The van der Waals surface area contributed by atoms with Gasteiger partial charge >= 0.3 is 0 Å². The van der Waals surface area contributed by atoms with E-state index in [-0.39, 0.29) is 0 Å². The van der Waals surface area contributed by atoms with Gasteiger partial charge in [0, 0.05) is 59.8 Å². The van der Waals surface area contributed by atoms with Crippen molar-refractivity contribution < 1.29 is 4.74 Å². The first kappa shape index (κ1) is 20.4. The lowest BCUT2D eigenvalue weighted by atomic mass is 9.62. The predicted octanol–water partition coefficient (Wildman–Crippen LogP) is 4.65. The summed E-state index contributed by atoms with van der Waals surface area (Å²) in [5.41, 5.74) is 3.76. The summed E-state index contributed by atoms with van der Waals surface area (Å²) in [5, 5.41) is 12.1. The lowest BCUT2D eigenvalue weighted by Gasteiger charge is -2.42. The van der Waals surface area contributed by atoms with Crippen LogP contribution in [-0.2, 0) is 4.74 Å². The molecule has 0 radical (unpaired) electrons. The molecule has 2 aliphatic heterocycles. The third kappa shape index (κ3) is 3.48. The number of nitrogens with zero attached hydrogens (tertiary/aromatic N) is 4. The zero-order chi connectivity index (χ0) is 21.7. The van der Waals surface area contributed by atoms with Crippen LogP contribution < -0.4 is 10.2 Å². The molecule has 4 heterocycles. The van der Waals surface area contributed by atoms with Crippen molar-refractivity contribution in [2.24, 2.45) is 11.3 Å². The number of aromatic amines is 1. The van der Waals surface area contributed by atoms with E-state index in [0.29, 0.717) is 17.3 Å². The molecule has 1 unspecified atom stereocenters. The van der Waals surface area contributed by atoms with Crippen molar-refractivity contribution in [2.45, 2.75) is 38.5 Å². The van der Waals surface area contributed by atoms with Crippen LogP contribution in [0.15, 0.2) is 28.9 Å². The number of halogens is 1. The second-order valence-electron chi connectivity index (χ2n) is 9.76. The second kappa shape index (κ2) is 7.99. The summed E-state index contributed by atoms with van der Waals surface area (Å²) in [4.78, 5) is 12.5. The largest absolute Gasteiger partial charge is 0.381 e. The molecule has 7 nitrogen and oxygen atoms in total. The number of hydrogen-bond donors (Lipinski definition) is 2. The number of rotatable bonds is 5. The number of aryl methyl sites for hydroxylation is 1. The molecule has 2 N–H and O–H groups in total. The molecule has 2 aromatic heterocycles. The van der Waals surface area contributed by atoms with Crippen molar-refractivity contribution in [1.29, 1.82) is 0 Å². The Morgan fingerprint density at radius 1 is 1.31 bits per heavy atom. The van der Waals surface area contributed by atoms with Gasteiger partial charge in [-0.15, -0.1) is 0 Å². The predicted molar refractivity (Wildman–Crippen MR) is 129 cm³/mol. The van der Waals surface area contributed by atoms with Gasteiger partial charge in [0.2, 0.25) is 5.95 Å². The molecule has 0 amide bonds. The zero-order valence-corrected chi connectivity index (χ0v) is 20.0. The molecule has 1 spiro atoms. The molecule has 1 aliphatic carbocycles. The summed E-state index contributed by atoms with van der Waals surface area (Å²) in [6, 6.07) is 6.45. The van der Waals surface area contributed by atoms with Crippen molar-refractivity contribution >= 4 is 38.6 Å².